The van der Waals surface area contributed by atoms with Gasteiger partial charge >= 0.3 is 5.76 Å². The number of rotatable bonds is 5. The molecule has 0 saturated carbocycles. The van der Waals surface area contributed by atoms with E-state index in [1.807, 2.05) is 12.3 Å². The summed E-state index contributed by atoms with van der Waals surface area (Å²) in [6.45, 7) is 1.11. The number of hydrogen-bond donors (Lipinski definition) is 1. The predicted molar refractivity (Wildman–Crippen MR) is 126 cm³/mol. The first-order valence-electron chi connectivity index (χ1n) is 10.9. The van der Waals surface area contributed by atoms with Crippen molar-refractivity contribution in [1.82, 2.24) is 25.1 Å². The van der Waals surface area contributed by atoms with E-state index in [2.05, 4.69) is 25.3 Å². The van der Waals surface area contributed by atoms with Gasteiger partial charge in [-0.05, 0) is 37.3 Å². The fourth-order valence-corrected chi connectivity index (χ4v) is 4.67. The second-order valence-corrected chi connectivity index (χ2v) is 8.83. The summed E-state index contributed by atoms with van der Waals surface area (Å²) in [4.78, 5) is 50.3. The summed E-state index contributed by atoms with van der Waals surface area (Å²) in [5.74, 6) is -0.510. The van der Waals surface area contributed by atoms with Gasteiger partial charge < -0.3 is 19.5 Å². The summed E-state index contributed by atoms with van der Waals surface area (Å²) in [5, 5.41) is 7.22. The van der Waals surface area contributed by atoms with Crippen LogP contribution in [-0.4, -0.2) is 64.0 Å². The van der Waals surface area contributed by atoms with Crippen molar-refractivity contribution in [2.24, 2.45) is 0 Å². The fraction of sp³-hybridized carbons (Fsp3) is 0.364. The SMILES string of the molecule is CNC(=O)Cn1nc(-c2cccc(N3C[C@@H]4CCCN4c4nc(SC)ncc4C3=O)c2)oc1=O. The third kappa shape index (κ3) is 3.94. The van der Waals surface area contributed by atoms with Gasteiger partial charge in [-0.3, -0.25) is 9.59 Å². The van der Waals surface area contributed by atoms with E-state index in [1.54, 1.807) is 29.3 Å². The van der Waals surface area contributed by atoms with Crippen molar-refractivity contribution < 1.29 is 14.0 Å². The number of hydrogen-bond acceptors (Lipinski definition) is 9. The lowest BCUT2D eigenvalue weighted by molar-refractivity contribution is -0.121. The molecular weight excluding hydrogens is 458 g/mol. The lowest BCUT2D eigenvalue weighted by Crippen LogP contribution is -2.39. The number of carbonyl (C=O) groups is 2. The van der Waals surface area contributed by atoms with Gasteiger partial charge in [0, 0.05) is 43.6 Å². The highest BCUT2D eigenvalue weighted by Crippen LogP contribution is 2.35. The van der Waals surface area contributed by atoms with Gasteiger partial charge in [0.25, 0.3) is 5.91 Å². The number of anilines is 2. The van der Waals surface area contributed by atoms with Crippen LogP contribution in [0.5, 0.6) is 0 Å². The van der Waals surface area contributed by atoms with Gasteiger partial charge in [0.05, 0.1) is 0 Å². The first-order chi connectivity index (χ1) is 16.5. The molecule has 1 saturated heterocycles. The molecule has 1 N–H and O–H groups in total. The number of likely N-dealkylation sites (N-methyl/N-ethyl adjacent to an activating group) is 1. The Morgan fingerprint density at radius 1 is 1.32 bits per heavy atom. The number of nitrogens with one attached hydrogen (secondary N) is 1. The molecule has 34 heavy (non-hydrogen) atoms. The van der Waals surface area contributed by atoms with Gasteiger partial charge in [-0.15, -0.1) is 5.10 Å². The lowest BCUT2D eigenvalue weighted by Gasteiger charge is -2.27. The number of carbonyl (C=O) groups excluding carboxylic acids is 2. The van der Waals surface area contributed by atoms with E-state index < -0.39 is 5.76 Å². The zero-order valence-corrected chi connectivity index (χ0v) is 19.5. The Labute approximate surface area is 199 Å². The third-order valence-corrected chi connectivity index (χ3v) is 6.59. The van der Waals surface area contributed by atoms with Gasteiger partial charge in [-0.25, -0.2) is 14.8 Å². The summed E-state index contributed by atoms with van der Waals surface area (Å²) >= 11 is 1.44. The second-order valence-electron chi connectivity index (χ2n) is 8.05. The monoisotopic (exact) mass is 481 g/mol. The van der Waals surface area contributed by atoms with Crippen molar-refractivity contribution in [1.29, 1.82) is 0 Å². The topological polar surface area (TPSA) is 126 Å². The molecular formula is C22H23N7O4S. The summed E-state index contributed by atoms with van der Waals surface area (Å²) in [6.07, 6.45) is 5.50. The van der Waals surface area contributed by atoms with Gasteiger partial charge in [0.2, 0.25) is 11.8 Å². The number of aromatic nitrogens is 4. The summed E-state index contributed by atoms with van der Waals surface area (Å²) in [5.41, 5.74) is 1.65. The molecule has 12 heteroatoms. The molecule has 2 aromatic heterocycles. The number of thioether (sulfide) groups is 1. The molecule has 0 radical (unpaired) electrons. The fourth-order valence-electron chi connectivity index (χ4n) is 4.34. The molecule has 1 aromatic carbocycles. The molecule has 4 heterocycles. The minimum absolute atomic E-state index is 0.0777. The predicted octanol–water partition coefficient (Wildman–Crippen LogP) is 1.39. The Balaban J connectivity index is 1.51. The van der Waals surface area contributed by atoms with E-state index in [0.717, 1.165) is 24.1 Å². The van der Waals surface area contributed by atoms with Crippen molar-refractivity contribution >= 4 is 35.1 Å². The largest absolute Gasteiger partial charge is 0.437 e. The number of benzene rings is 1. The van der Waals surface area contributed by atoms with Gasteiger partial charge in [-0.1, -0.05) is 17.8 Å². The number of amides is 2. The van der Waals surface area contributed by atoms with Crippen LogP contribution in [0, 0.1) is 0 Å². The second kappa shape index (κ2) is 8.93. The average molecular weight is 482 g/mol. The highest BCUT2D eigenvalue weighted by atomic mass is 32.2. The molecule has 0 aliphatic carbocycles. The van der Waals surface area contributed by atoms with E-state index in [-0.39, 0.29) is 30.3 Å². The van der Waals surface area contributed by atoms with Crippen LogP contribution in [0.2, 0.25) is 0 Å². The maximum atomic E-state index is 13.6. The van der Waals surface area contributed by atoms with Crippen LogP contribution in [0.25, 0.3) is 11.5 Å². The van der Waals surface area contributed by atoms with Crippen LogP contribution in [0.4, 0.5) is 11.5 Å². The van der Waals surface area contributed by atoms with Crippen LogP contribution >= 0.6 is 11.8 Å². The van der Waals surface area contributed by atoms with E-state index in [1.165, 1.54) is 18.8 Å². The first-order valence-corrected chi connectivity index (χ1v) is 12.1. The Bertz CT molecular complexity index is 1320. The standard InChI is InChI=1S/C22H23N7O4S/c1-23-17(30)12-29-22(32)33-19(26-29)13-5-3-6-14(9-13)28-11-15-7-4-8-27(15)18-16(20(28)31)10-24-21(25-18)34-2/h3,5-6,9-10,15H,4,7-8,11-12H2,1-2H3,(H,23,30)/t15-/m0/s1. The summed E-state index contributed by atoms with van der Waals surface area (Å²) < 4.78 is 6.24. The van der Waals surface area contributed by atoms with E-state index >= 15 is 0 Å². The first kappa shape index (κ1) is 22.1. The molecule has 11 nitrogen and oxygen atoms in total. The van der Waals surface area contributed by atoms with Crippen molar-refractivity contribution in [3.63, 3.8) is 0 Å². The minimum Gasteiger partial charge on any atom is -0.388 e. The van der Waals surface area contributed by atoms with Gasteiger partial charge in [-0.2, -0.15) is 4.68 Å². The molecule has 2 aliphatic rings. The van der Waals surface area contributed by atoms with Crippen LogP contribution in [0.1, 0.15) is 23.2 Å². The van der Waals surface area contributed by atoms with Crippen LogP contribution in [0.15, 0.2) is 44.8 Å². The molecule has 1 atom stereocenters. The number of fused-ring (bicyclic) bond motifs is 3. The summed E-state index contributed by atoms with van der Waals surface area (Å²) in [6, 6.07) is 7.26. The molecule has 0 bridgehead atoms. The number of nitrogens with zero attached hydrogens (tertiary/aromatic N) is 6. The molecule has 2 aliphatic heterocycles. The van der Waals surface area contributed by atoms with Crippen molar-refractivity contribution in [2.75, 3.05) is 36.2 Å². The quantitative estimate of drug-likeness (QED) is 0.425. The molecule has 3 aromatic rings. The van der Waals surface area contributed by atoms with E-state index in [9.17, 15) is 14.4 Å². The molecule has 0 unspecified atom stereocenters. The molecule has 5 rings (SSSR count). The van der Waals surface area contributed by atoms with Crippen LogP contribution in [-0.2, 0) is 11.3 Å². The molecule has 176 valence electrons. The minimum atomic E-state index is -0.730. The third-order valence-electron chi connectivity index (χ3n) is 6.03. The molecule has 2 amide bonds. The van der Waals surface area contributed by atoms with E-state index in [0.29, 0.717) is 34.3 Å². The van der Waals surface area contributed by atoms with Crippen molar-refractivity contribution in [2.45, 2.75) is 30.6 Å². The van der Waals surface area contributed by atoms with Gasteiger partial charge in [0.1, 0.15) is 17.9 Å². The maximum Gasteiger partial charge on any atom is 0.437 e. The normalized spacial score (nSPS) is 17.4. The van der Waals surface area contributed by atoms with Crippen molar-refractivity contribution in [3.05, 3.63) is 46.6 Å². The van der Waals surface area contributed by atoms with Gasteiger partial charge in [0.15, 0.2) is 5.16 Å². The van der Waals surface area contributed by atoms with Crippen LogP contribution < -0.4 is 20.9 Å². The molecule has 0 spiro atoms. The average Bonchev–Trinajstić information content (AvgIpc) is 3.45. The lowest BCUT2D eigenvalue weighted by atomic mass is 10.1. The summed E-state index contributed by atoms with van der Waals surface area (Å²) in [7, 11) is 1.48. The Kier molecular flexibility index (Phi) is 5.82. The van der Waals surface area contributed by atoms with Crippen LogP contribution in [0.3, 0.4) is 0 Å². The van der Waals surface area contributed by atoms with E-state index in [4.69, 9.17) is 4.42 Å². The maximum absolute atomic E-state index is 13.6. The van der Waals surface area contributed by atoms with Crippen molar-refractivity contribution in [3.8, 4) is 11.5 Å². The highest BCUT2D eigenvalue weighted by molar-refractivity contribution is 7.98. The zero-order valence-electron chi connectivity index (χ0n) is 18.7. The Hall–Kier alpha value is -3.67. The molecule has 1 fully saturated rings. The zero-order chi connectivity index (χ0) is 23.8. The highest BCUT2D eigenvalue weighted by Gasteiger charge is 2.37. The smallest absolute Gasteiger partial charge is 0.388 e. The Morgan fingerprint density at radius 3 is 2.97 bits per heavy atom. The Morgan fingerprint density at radius 2 is 2.18 bits per heavy atom.